The number of nitriles is 1. The molecule has 0 radical (unpaired) electrons. The van der Waals surface area contributed by atoms with Gasteiger partial charge in [-0.15, -0.1) is 0 Å². The van der Waals surface area contributed by atoms with Gasteiger partial charge in [-0.05, 0) is 54.9 Å². The topological polar surface area (TPSA) is 99.8 Å². The molecule has 2 atom stereocenters. The van der Waals surface area contributed by atoms with Crippen molar-refractivity contribution in [2.24, 2.45) is 11.3 Å². The molecule has 2 N–H and O–H groups in total. The molecule has 4 rings (SSSR count). The van der Waals surface area contributed by atoms with E-state index in [4.69, 9.17) is 0 Å². The first-order chi connectivity index (χ1) is 14.8. The molecule has 0 spiro atoms. The molecule has 31 heavy (non-hydrogen) atoms. The van der Waals surface area contributed by atoms with Gasteiger partial charge in [-0.25, -0.2) is 4.98 Å². The molecule has 2 aromatic rings. The SMILES string of the molecule is CC(=O)NC1CCCC(C(=O)Nc2cc(-c3cc(C#N)n4c3CC(C)(C)C4)ccn2)C1. The summed E-state index contributed by atoms with van der Waals surface area (Å²) >= 11 is 0. The van der Waals surface area contributed by atoms with Crippen LogP contribution in [0.4, 0.5) is 5.82 Å². The molecule has 0 saturated heterocycles. The van der Waals surface area contributed by atoms with Crippen molar-refractivity contribution in [3.63, 3.8) is 0 Å². The van der Waals surface area contributed by atoms with Gasteiger partial charge in [0.1, 0.15) is 17.6 Å². The van der Waals surface area contributed by atoms with Crippen LogP contribution < -0.4 is 10.6 Å². The Kier molecular flexibility index (Phi) is 5.57. The fourth-order valence-corrected chi connectivity index (χ4v) is 4.98. The lowest BCUT2D eigenvalue weighted by Gasteiger charge is -2.28. The molecule has 2 unspecified atom stereocenters. The predicted octanol–water partition coefficient (Wildman–Crippen LogP) is 3.64. The maximum atomic E-state index is 12.9. The Morgan fingerprint density at radius 2 is 2.10 bits per heavy atom. The molecule has 7 heteroatoms. The monoisotopic (exact) mass is 419 g/mol. The molecule has 1 aliphatic carbocycles. The number of pyridine rings is 1. The minimum absolute atomic E-state index is 0.0537. The highest BCUT2D eigenvalue weighted by Crippen LogP contribution is 2.40. The lowest BCUT2D eigenvalue weighted by Crippen LogP contribution is -2.40. The van der Waals surface area contributed by atoms with E-state index in [-0.39, 0.29) is 29.2 Å². The summed E-state index contributed by atoms with van der Waals surface area (Å²) in [6.45, 7) is 6.76. The van der Waals surface area contributed by atoms with Gasteiger partial charge in [0.25, 0.3) is 0 Å². The largest absolute Gasteiger partial charge is 0.354 e. The van der Waals surface area contributed by atoms with Crippen LogP contribution in [0.2, 0.25) is 0 Å². The van der Waals surface area contributed by atoms with Crippen molar-refractivity contribution in [1.82, 2.24) is 14.9 Å². The van der Waals surface area contributed by atoms with E-state index in [0.29, 0.717) is 17.9 Å². The number of carbonyl (C=O) groups is 2. The van der Waals surface area contributed by atoms with Crippen molar-refractivity contribution < 1.29 is 9.59 Å². The Morgan fingerprint density at radius 3 is 2.84 bits per heavy atom. The third kappa shape index (κ3) is 4.48. The number of hydrogen-bond acceptors (Lipinski definition) is 4. The number of nitrogens with one attached hydrogen (secondary N) is 2. The van der Waals surface area contributed by atoms with Crippen LogP contribution >= 0.6 is 0 Å². The van der Waals surface area contributed by atoms with Gasteiger partial charge in [-0.2, -0.15) is 5.26 Å². The van der Waals surface area contributed by atoms with E-state index in [9.17, 15) is 14.9 Å². The normalized spacial score (nSPS) is 21.7. The molecule has 2 amide bonds. The fraction of sp³-hybridized carbons (Fsp3) is 0.500. The smallest absolute Gasteiger partial charge is 0.228 e. The molecule has 0 aromatic carbocycles. The highest BCUT2D eigenvalue weighted by molar-refractivity contribution is 5.92. The third-order valence-electron chi connectivity index (χ3n) is 6.33. The van der Waals surface area contributed by atoms with Crippen LogP contribution in [0, 0.1) is 22.7 Å². The predicted molar refractivity (Wildman–Crippen MR) is 118 cm³/mol. The maximum absolute atomic E-state index is 12.9. The van der Waals surface area contributed by atoms with Crippen LogP contribution in [0.1, 0.15) is 57.8 Å². The zero-order valence-corrected chi connectivity index (χ0v) is 18.4. The van der Waals surface area contributed by atoms with Crippen LogP contribution in [0.15, 0.2) is 24.4 Å². The first-order valence-corrected chi connectivity index (χ1v) is 10.9. The molecule has 1 aliphatic heterocycles. The summed E-state index contributed by atoms with van der Waals surface area (Å²) < 4.78 is 2.11. The molecule has 1 saturated carbocycles. The van der Waals surface area contributed by atoms with Gasteiger partial charge in [0.15, 0.2) is 0 Å². The van der Waals surface area contributed by atoms with E-state index in [0.717, 1.165) is 49.0 Å². The molecule has 2 aromatic heterocycles. The summed E-state index contributed by atoms with van der Waals surface area (Å²) in [5, 5.41) is 15.5. The number of hydrogen-bond donors (Lipinski definition) is 2. The van der Waals surface area contributed by atoms with Crippen molar-refractivity contribution in [2.45, 2.75) is 65.5 Å². The Morgan fingerprint density at radius 1 is 1.29 bits per heavy atom. The Bertz CT molecular complexity index is 1060. The Hall–Kier alpha value is -3.14. The minimum Gasteiger partial charge on any atom is -0.354 e. The zero-order valence-electron chi connectivity index (χ0n) is 18.4. The van der Waals surface area contributed by atoms with Gasteiger partial charge in [-0.3, -0.25) is 9.59 Å². The van der Waals surface area contributed by atoms with Gasteiger partial charge >= 0.3 is 0 Å². The van der Waals surface area contributed by atoms with Crippen LogP contribution in [-0.4, -0.2) is 27.4 Å². The van der Waals surface area contributed by atoms with Gasteiger partial charge in [-0.1, -0.05) is 20.3 Å². The quantitative estimate of drug-likeness (QED) is 0.790. The number of nitrogens with zero attached hydrogens (tertiary/aromatic N) is 3. The van der Waals surface area contributed by atoms with Gasteiger partial charge in [0, 0.05) is 42.9 Å². The number of carbonyl (C=O) groups excluding carboxylic acids is 2. The number of anilines is 1. The van der Waals surface area contributed by atoms with Crippen LogP contribution in [0.5, 0.6) is 0 Å². The lowest BCUT2D eigenvalue weighted by molar-refractivity contribution is -0.123. The van der Waals surface area contributed by atoms with E-state index in [2.05, 4.69) is 40.1 Å². The molecule has 0 bridgehead atoms. The van der Waals surface area contributed by atoms with Crippen molar-refractivity contribution in [3.05, 3.63) is 35.8 Å². The first kappa shape index (κ1) is 21.1. The number of amides is 2. The molecular weight excluding hydrogens is 390 g/mol. The van der Waals surface area contributed by atoms with Crippen LogP contribution in [0.25, 0.3) is 11.1 Å². The minimum atomic E-state index is -0.138. The van der Waals surface area contributed by atoms with E-state index in [1.807, 2.05) is 18.2 Å². The summed E-state index contributed by atoms with van der Waals surface area (Å²) in [7, 11) is 0. The average molecular weight is 420 g/mol. The van der Waals surface area contributed by atoms with Crippen molar-refractivity contribution >= 4 is 17.6 Å². The number of rotatable bonds is 4. The number of aromatic nitrogens is 2. The van der Waals surface area contributed by atoms with Crippen molar-refractivity contribution in [2.75, 3.05) is 5.32 Å². The van der Waals surface area contributed by atoms with Crippen molar-refractivity contribution in [1.29, 1.82) is 5.26 Å². The number of fused-ring (bicyclic) bond motifs is 1. The molecular formula is C24H29N5O2. The lowest BCUT2D eigenvalue weighted by atomic mass is 9.85. The summed E-state index contributed by atoms with van der Waals surface area (Å²) in [5.41, 5.74) is 3.93. The Balaban J connectivity index is 1.52. The molecule has 7 nitrogen and oxygen atoms in total. The first-order valence-electron chi connectivity index (χ1n) is 10.9. The van der Waals surface area contributed by atoms with Crippen LogP contribution in [-0.2, 0) is 22.6 Å². The average Bonchev–Trinajstić information content (AvgIpc) is 3.20. The summed E-state index contributed by atoms with van der Waals surface area (Å²) in [6.07, 6.45) is 5.89. The molecule has 3 heterocycles. The van der Waals surface area contributed by atoms with E-state index < -0.39 is 0 Å². The molecule has 1 fully saturated rings. The third-order valence-corrected chi connectivity index (χ3v) is 6.33. The summed E-state index contributed by atoms with van der Waals surface area (Å²) in [5.74, 6) is 0.266. The van der Waals surface area contributed by atoms with E-state index in [1.54, 1.807) is 6.20 Å². The maximum Gasteiger partial charge on any atom is 0.228 e. The van der Waals surface area contributed by atoms with E-state index in [1.165, 1.54) is 6.92 Å². The summed E-state index contributed by atoms with van der Waals surface area (Å²) in [6, 6.07) is 8.11. The Labute approximate surface area is 182 Å². The van der Waals surface area contributed by atoms with E-state index >= 15 is 0 Å². The highest BCUT2D eigenvalue weighted by Gasteiger charge is 2.33. The molecule has 2 aliphatic rings. The summed E-state index contributed by atoms with van der Waals surface area (Å²) in [4.78, 5) is 28.6. The second-order valence-corrected chi connectivity index (χ2v) is 9.61. The second-order valence-electron chi connectivity index (χ2n) is 9.61. The van der Waals surface area contributed by atoms with Gasteiger partial charge in [0.05, 0.1) is 0 Å². The van der Waals surface area contributed by atoms with Crippen molar-refractivity contribution in [3.8, 4) is 17.2 Å². The van der Waals surface area contributed by atoms with Gasteiger partial charge in [0.2, 0.25) is 11.8 Å². The second kappa shape index (κ2) is 8.18. The molecule has 162 valence electrons. The van der Waals surface area contributed by atoms with Crippen LogP contribution in [0.3, 0.4) is 0 Å². The zero-order chi connectivity index (χ0) is 22.2. The van der Waals surface area contributed by atoms with Gasteiger partial charge < -0.3 is 15.2 Å². The highest BCUT2D eigenvalue weighted by atomic mass is 16.2. The standard InChI is InChI=1S/C24H29N5O2/c1-15(30)27-18-6-4-5-17(9-18)23(31)28-22-10-16(7-8-26-22)20-11-19(13-25)29-14-24(2,3)12-21(20)29/h7-8,10-11,17-18H,4-6,9,12,14H2,1-3H3,(H,27,30)(H,26,28,31). The fourth-order valence-electron chi connectivity index (χ4n) is 4.98.